The fourth-order valence-corrected chi connectivity index (χ4v) is 3.69. The fourth-order valence-electron chi connectivity index (χ4n) is 3.51. The topological polar surface area (TPSA) is 90.1 Å². The van der Waals surface area contributed by atoms with Crippen molar-refractivity contribution in [1.82, 2.24) is 5.32 Å². The zero-order valence-electron chi connectivity index (χ0n) is 17.6. The predicted octanol–water partition coefficient (Wildman–Crippen LogP) is 3.93. The molecule has 3 N–H and O–H groups in total. The summed E-state index contributed by atoms with van der Waals surface area (Å²) in [4.78, 5) is 13.0. The van der Waals surface area contributed by atoms with Crippen molar-refractivity contribution in [2.45, 2.75) is 6.54 Å². The van der Waals surface area contributed by atoms with Crippen molar-refractivity contribution >= 4 is 34.6 Å². The second kappa shape index (κ2) is 9.25. The van der Waals surface area contributed by atoms with Gasteiger partial charge in [-0.25, -0.2) is 0 Å². The molecule has 0 radical (unpaired) electrons. The molecular weight excluding hydrogens is 442 g/mol. The predicted molar refractivity (Wildman–Crippen MR) is 127 cm³/mol. The molecule has 8 nitrogen and oxygen atoms in total. The summed E-state index contributed by atoms with van der Waals surface area (Å²) < 4.78 is 21.8. The first-order valence-corrected chi connectivity index (χ1v) is 10.8. The van der Waals surface area contributed by atoms with Crippen LogP contribution in [0, 0.1) is 0 Å². The van der Waals surface area contributed by atoms with E-state index in [0.717, 1.165) is 11.3 Å². The lowest BCUT2D eigenvalue weighted by Gasteiger charge is -2.19. The highest BCUT2D eigenvalue weighted by Crippen LogP contribution is 2.33. The summed E-state index contributed by atoms with van der Waals surface area (Å²) in [5.41, 5.74) is 2.66. The Kier molecular flexibility index (Phi) is 5.86. The van der Waals surface area contributed by atoms with Crippen molar-refractivity contribution in [3.8, 4) is 23.0 Å². The summed E-state index contributed by atoms with van der Waals surface area (Å²) in [5, 5.41) is 9.55. The van der Waals surface area contributed by atoms with E-state index in [1.807, 2.05) is 24.3 Å². The molecule has 0 saturated carbocycles. The maximum atomic E-state index is 13.0. The molecule has 0 aromatic heterocycles. The maximum Gasteiger partial charge on any atom is 0.257 e. The van der Waals surface area contributed by atoms with Gasteiger partial charge in [-0.05, 0) is 54.2 Å². The third-order valence-electron chi connectivity index (χ3n) is 5.11. The molecule has 0 bridgehead atoms. The van der Waals surface area contributed by atoms with Gasteiger partial charge in [-0.15, -0.1) is 0 Å². The van der Waals surface area contributed by atoms with E-state index in [9.17, 15) is 4.79 Å². The van der Waals surface area contributed by atoms with Crippen LogP contribution in [0.4, 0.5) is 11.4 Å². The number of rotatable bonds is 5. The number of para-hydroxylation sites is 1. The highest BCUT2D eigenvalue weighted by atomic mass is 32.1. The summed E-state index contributed by atoms with van der Waals surface area (Å²) in [6.07, 6.45) is 0. The van der Waals surface area contributed by atoms with Gasteiger partial charge >= 0.3 is 0 Å². The van der Waals surface area contributed by atoms with Gasteiger partial charge in [-0.1, -0.05) is 18.2 Å². The Morgan fingerprint density at radius 2 is 1.55 bits per heavy atom. The summed E-state index contributed by atoms with van der Waals surface area (Å²) in [6.45, 7) is 1.72. The molecule has 5 rings (SSSR count). The molecule has 0 unspecified atom stereocenters. The minimum Gasteiger partial charge on any atom is -0.486 e. The highest BCUT2D eigenvalue weighted by Gasteiger charge is 2.16. The number of ether oxygens (including phenoxy) is 4. The average molecular weight is 464 g/mol. The first kappa shape index (κ1) is 20.9. The number of hydrogen-bond acceptors (Lipinski definition) is 6. The lowest BCUT2D eigenvalue weighted by molar-refractivity contribution is 0.102. The molecule has 0 fully saturated rings. The van der Waals surface area contributed by atoms with E-state index in [1.165, 1.54) is 0 Å². The minimum absolute atomic E-state index is 0.233. The molecule has 3 aromatic rings. The second-order valence-electron chi connectivity index (χ2n) is 7.35. The van der Waals surface area contributed by atoms with Gasteiger partial charge in [0, 0.05) is 18.3 Å². The van der Waals surface area contributed by atoms with Gasteiger partial charge in [0.15, 0.2) is 28.1 Å². The molecule has 9 heteroatoms. The zero-order chi connectivity index (χ0) is 22.6. The Morgan fingerprint density at radius 1 is 0.818 bits per heavy atom. The lowest BCUT2D eigenvalue weighted by atomic mass is 10.1. The third-order valence-corrected chi connectivity index (χ3v) is 5.36. The van der Waals surface area contributed by atoms with E-state index in [4.69, 9.17) is 31.2 Å². The average Bonchev–Trinajstić information content (AvgIpc) is 3.31. The van der Waals surface area contributed by atoms with Crippen LogP contribution in [0.25, 0.3) is 0 Å². The van der Waals surface area contributed by atoms with Gasteiger partial charge in [-0.3, -0.25) is 4.79 Å². The van der Waals surface area contributed by atoms with Crippen LogP contribution >= 0.6 is 12.2 Å². The fraction of sp³-hybridized carbons (Fsp3) is 0.167. The molecule has 168 valence electrons. The van der Waals surface area contributed by atoms with Crippen molar-refractivity contribution in [3.05, 3.63) is 71.8 Å². The standard InChI is InChI=1S/C24H21N3O5S/c28-23(26-16-6-8-19-22(12-16)30-10-9-29-19)17-3-1-2-4-18(17)27-24(33)25-13-15-5-7-20-21(11-15)32-14-31-20/h1-8,11-12H,9-10,13-14H2,(H,26,28)(H2,25,27,33). The summed E-state index contributed by atoms with van der Waals surface area (Å²) in [6, 6.07) is 18.2. The first-order chi connectivity index (χ1) is 16.2. The number of carbonyl (C=O) groups excluding carboxylic acids is 1. The molecule has 0 spiro atoms. The van der Waals surface area contributed by atoms with Crippen molar-refractivity contribution in [1.29, 1.82) is 0 Å². The van der Waals surface area contributed by atoms with Gasteiger partial charge < -0.3 is 34.9 Å². The number of thiocarbonyl (C=S) groups is 1. The third kappa shape index (κ3) is 4.78. The van der Waals surface area contributed by atoms with Crippen LogP contribution < -0.4 is 34.9 Å². The van der Waals surface area contributed by atoms with Crippen LogP contribution in [0.2, 0.25) is 0 Å². The number of anilines is 2. The Hall–Kier alpha value is -3.98. The van der Waals surface area contributed by atoms with E-state index in [0.29, 0.717) is 59.1 Å². The van der Waals surface area contributed by atoms with Crippen molar-refractivity contribution in [2.24, 2.45) is 0 Å². The smallest absolute Gasteiger partial charge is 0.257 e. The molecule has 3 aromatic carbocycles. The normalized spacial score (nSPS) is 13.2. The molecule has 2 aliphatic rings. The SMILES string of the molecule is O=C(Nc1ccc2c(c1)OCCO2)c1ccccc1NC(=S)NCc1ccc2c(c1)OCO2. The van der Waals surface area contributed by atoms with Crippen LogP contribution in [-0.2, 0) is 6.54 Å². The van der Waals surface area contributed by atoms with Crippen molar-refractivity contribution in [3.63, 3.8) is 0 Å². The number of carbonyl (C=O) groups is 1. The number of amides is 1. The maximum absolute atomic E-state index is 13.0. The first-order valence-electron chi connectivity index (χ1n) is 10.4. The minimum atomic E-state index is -0.270. The number of benzene rings is 3. The van der Waals surface area contributed by atoms with Gasteiger partial charge in [0.05, 0.1) is 11.3 Å². The monoisotopic (exact) mass is 463 g/mol. The van der Waals surface area contributed by atoms with E-state index in [1.54, 1.807) is 36.4 Å². The number of nitrogens with one attached hydrogen (secondary N) is 3. The van der Waals surface area contributed by atoms with E-state index < -0.39 is 0 Å². The van der Waals surface area contributed by atoms with Gasteiger partial charge in [0.2, 0.25) is 6.79 Å². The van der Waals surface area contributed by atoms with Crippen LogP contribution in [0.15, 0.2) is 60.7 Å². The summed E-state index contributed by atoms with van der Waals surface area (Å²) in [5.74, 6) is 2.46. The Morgan fingerprint density at radius 3 is 2.45 bits per heavy atom. The van der Waals surface area contributed by atoms with Gasteiger partial charge in [0.25, 0.3) is 5.91 Å². The van der Waals surface area contributed by atoms with E-state index in [2.05, 4.69) is 16.0 Å². The van der Waals surface area contributed by atoms with Crippen molar-refractivity contribution < 1.29 is 23.7 Å². The molecule has 2 heterocycles. The largest absolute Gasteiger partial charge is 0.486 e. The molecule has 33 heavy (non-hydrogen) atoms. The van der Waals surface area contributed by atoms with Crippen molar-refractivity contribution in [2.75, 3.05) is 30.6 Å². The van der Waals surface area contributed by atoms with Crippen LogP contribution in [0.3, 0.4) is 0 Å². The Labute approximate surface area is 195 Å². The van der Waals surface area contributed by atoms with E-state index >= 15 is 0 Å². The van der Waals surface area contributed by atoms with Gasteiger partial charge in [0.1, 0.15) is 13.2 Å². The molecule has 1 amide bonds. The van der Waals surface area contributed by atoms with Gasteiger partial charge in [-0.2, -0.15) is 0 Å². The lowest BCUT2D eigenvalue weighted by Crippen LogP contribution is -2.29. The molecule has 0 saturated heterocycles. The molecule has 0 atom stereocenters. The number of fused-ring (bicyclic) bond motifs is 2. The van der Waals surface area contributed by atoms with Crippen LogP contribution in [0.5, 0.6) is 23.0 Å². The highest BCUT2D eigenvalue weighted by molar-refractivity contribution is 7.80. The van der Waals surface area contributed by atoms with Crippen LogP contribution in [-0.4, -0.2) is 31.0 Å². The molecular formula is C24H21N3O5S. The quantitative estimate of drug-likeness (QED) is 0.491. The zero-order valence-corrected chi connectivity index (χ0v) is 18.4. The van der Waals surface area contributed by atoms with Crippen LogP contribution in [0.1, 0.15) is 15.9 Å². The molecule has 2 aliphatic heterocycles. The summed E-state index contributed by atoms with van der Waals surface area (Å²) >= 11 is 5.44. The molecule has 0 aliphatic carbocycles. The Bertz CT molecular complexity index is 1220. The Balaban J connectivity index is 1.22. The second-order valence-corrected chi connectivity index (χ2v) is 7.76. The number of hydrogen-bond donors (Lipinski definition) is 3. The summed E-state index contributed by atoms with van der Waals surface area (Å²) in [7, 11) is 0. The van der Waals surface area contributed by atoms with E-state index in [-0.39, 0.29) is 12.7 Å².